The van der Waals surface area contributed by atoms with E-state index >= 15 is 0 Å². The van der Waals surface area contributed by atoms with Crippen molar-refractivity contribution >= 4 is 46.8 Å². The van der Waals surface area contributed by atoms with E-state index in [9.17, 15) is 9.59 Å². The van der Waals surface area contributed by atoms with E-state index in [0.29, 0.717) is 36.1 Å². The second-order valence-corrected chi connectivity index (χ2v) is 8.72. The lowest BCUT2D eigenvalue weighted by atomic mass is 10.1. The van der Waals surface area contributed by atoms with Crippen LogP contribution in [0.15, 0.2) is 18.2 Å². The molecule has 2 rings (SSSR count). The fourth-order valence-electron chi connectivity index (χ4n) is 3.08. The molecule has 1 unspecified atom stereocenters. The lowest BCUT2D eigenvalue weighted by molar-refractivity contribution is -0.135. The minimum atomic E-state index is -0.553. The standard InChI is InChI=1S/C19H27Cl2N3O2S/c1-13(2)23-7-9-24(10-8-23)19(26)17(6-11-27-3)22-18(25)15-5-4-14(20)12-16(15)21/h4-5,12-13,17H,6-11H2,1-3H3,(H,22,25). The lowest BCUT2D eigenvalue weighted by Crippen LogP contribution is -2.56. The highest BCUT2D eigenvalue weighted by molar-refractivity contribution is 7.98. The Morgan fingerprint density at radius 2 is 1.85 bits per heavy atom. The van der Waals surface area contributed by atoms with Crippen molar-refractivity contribution < 1.29 is 9.59 Å². The second-order valence-electron chi connectivity index (χ2n) is 6.89. The van der Waals surface area contributed by atoms with Crippen molar-refractivity contribution in [3.05, 3.63) is 33.8 Å². The molecule has 5 nitrogen and oxygen atoms in total. The summed E-state index contributed by atoms with van der Waals surface area (Å²) in [7, 11) is 0. The smallest absolute Gasteiger partial charge is 0.253 e. The summed E-state index contributed by atoms with van der Waals surface area (Å²) < 4.78 is 0. The zero-order chi connectivity index (χ0) is 20.0. The first-order chi connectivity index (χ1) is 12.8. The normalized spacial score (nSPS) is 16.4. The van der Waals surface area contributed by atoms with Crippen LogP contribution >= 0.6 is 35.0 Å². The summed E-state index contributed by atoms with van der Waals surface area (Å²) in [6.45, 7) is 7.41. The largest absolute Gasteiger partial charge is 0.340 e. The Morgan fingerprint density at radius 1 is 1.19 bits per heavy atom. The Hall–Kier alpha value is -0.950. The van der Waals surface area contributed by atoms with E-state index in [1.165, 1.54) is 6.07 Å². The highest BCUT2D eigenvalue weighted by atomic mass is 35.5. The van der Waals surface area contributed by atoms with Gasteiger partial charge in [-0.15, -0.1) is 0 Å². The molecule has 1 aliphatic heterocycles. The number of carbonyl (C=O) groups excluding carboxylic acids is 2. The Labute approximate surface area is 175 Å². The molecule has 0 aliphatic carbocycles. The molecule has 0 aromatic heterocycles. The molecule has 1 N–H and O–H groups in total. The summed E-state index contributed by atoms with van der Waals surface area (Å²) in [6.07, 6.45) is 2.57. The molecule has 1 heterocycles. The van der Waals surface area contributed by atoms with Crippen molar-refractivity contribution in [2.24, 2.45) is 0 Å². The van der Waals surface area contributed by atoms with Crippen molar-refractivity contribution in [1.29, 1.82) is 0 Å². The zero-order valence-corrected chi connectivity index (χ0v) is 18.3. The third-order valence-corrected chi connectivity index (χ3v) is 5.94. The Kier molecular flexibility index (Phi) is 8.73. The van der Waals surface area contributed by atoms with Crippen molar-refractivity contribution in [2.45, 2.75) is 32.4 Å². The van der Waals surface area contributed by atoms with Crippen LogP contribution in [-0.4, -0.2) is 71.9 Å². The first-order valence-corrected chi connectivity index (χ1v) is 11.3. The van der Waals surface area contributed by atoms with Gasteiger partial charge in [-0.05, 0) is 50.5 Å². The molecule has 1 atom stereocenters. The molecule has 1 aliphatic rings. The van der Waals surface area contributed by atoms with Gasteiger partial charge in [0.1, 0.15) is 6.04 Å². The van der Waals surface area contributed by atoms with Gasteiger partial charge in [0, 0.05) is 37.2 Å². The van der Waals surface area contributed by atoms with Crippen molar-refractivity contribution in [3.63, 3.8) is 0 Å². The van der Waals surface area contributed by atoms with Crippen LogP contribution in [0.2, 0.25) is 10.0 Å². The highest BCUT2D eigenvalue weighted by Gasteiger charge is 2.29. The lowest BCUT2D eigenvalue weighted by Gasteiger charge is -2.38. The quantitative estimate of drug-likeness (QED) is 0.718. The van der Waals surface area contributed by atoms with E-state index in [4.69, 9.17) is 23.2 Å². The summed E-state index contributed by atoms with van der Waals surface area (Å²) in [5.74, 6) is 0.416. The van der Waals surface area contributed by atoms with Gasteiger partial charge < -0.3 is 10.2 Å². The summed E-state index contributed by atoms with van der Waals surface area (Å²) in [6, 6.07) is 4.65. The van der Waals surface area contributed by atoms with Gasteiger partial charge in [-0.3, -0.25) is 14.5 Å². The van der Waals surface area contributed by atoms with Crippen LogP contribution in [0, 0.1) is 0 Å². The average Bonchev–Trinajstić information content (AvgIpc) is 2.64. The van der Waals surface area contributed by atoms with E-state index in [1.54, 1.807) is 23.9 Å². The molecule has 0 radical (unpaired) electrons. The third kappa shape index (κ3) is 6.28. The fraction of sp³-hybridized carbons (Fsp3) is 0.579. The van der Waals surface area contributed by atoms with Gasteiger partial charge in [0.15, 0.2) is 0 Å². The van der Waals surface area contributed by atoms with Gasteiger partial charge >= 0.3 is 0 Å². The average molecular weight is 432 g/mol. The molecular weight excluding hydrogens is 405 g/mol. The third-order valence-electron chi connectivity index (χ3n) is 4.75. The highest BCUT2D eigenvalue weighted by Crippen LogP contribution is 2.21. The first-order valence-electron chi connectivity index (χ1n) is 9.11. The minimum Gasteiger partial charge on any atom is -0.340 e. The predicted octanol–water partition coefficient (Wildman–Crippen LogP) is 3.40. The van der Waals surface area contributed by atoms with Gasteiger partial charge in [-0.1, -0.05) is 23.2 Å². The molecule has 1 aromatic rings. The first kappa shape index (κ1) is 22.3. The van der Waals surface area contributed by atoms with Gasteiger partial charge in [0.05, 0.1) is 10.6 Å². The minimum absolute atomic E-state index is 0.0223. The predicted molar refractivity (Wildman–Crippen MR) is 114 cm³/mol. The number of thioether (sulfide) groups is 1. The van der Waals surface area contributed by atoms with Crippen molar-refractivity contribution in [2.75, 3.05) is 38.2 Å². The number of piperazine rings is 1. The van der Waals surface area contributed by atoms with E-state index in [-0.39, 0.29) is 16.8 Å². The van der Waals surface area contributed by atoms with Crippen LogP contribution in [0.25, 0.3) is 0 Å². The maximum atomic E-state index is 13.0. The van der Waals surface area contributed by atoms with Gasteiger partial charge in [-0.25, -0.2) is 0 Å². The maximum Gasteiger partial charge on any atom is 0.253 e. The van der Waals surface area contributed by atoms with Crippen LogP contribution in [0.1, 0.15) is 30.6 Å². The summed E-state index contributed by atoms with van der Waals surface area (Å²) in [5, 5.41) is 3.62. The summed E-state index contributed by atoms with van der Waals surface area (Å²) in [4.78, 5) is 29.9. The number of rotatable bonds is 7. The Bertz CT molecular complexity index is 664. The van der Waals surface area contributed by atoms with Gasteiger partial charge in [-0.2, -0.15) is 11.8 Å². The molecule has 8 heteroatoms. The molecule has 1 fully saturated rings. The van der Waals surface area contributed by atoms with Crippen LogP contribution in [0.5, 0.6) is 0 Å². The van der Waals surface area contributed by atoms with Crippen molar-refractivity contribution in [3.8, 4) is 0 Å². The summed E-state index contributed by atoms with van der Waals surface area (Å²) in [5.41, 5.74) is 0.327. The monoisotopic (exact) mass is 431 g/mol. The van der Waals surface area contributed by atoms with E-state index < -0.39 is 6.04 Å². The maximum absolute atomic E-state index is 13.0. The number of nitrogens with zero attached hydrogens (tertiary/aromatic N) is 2. The van der Waals surface area contributed by atoms with E-state index in [2.05, 4.69) is 24.1 Å². The number of benzene rings is 1. The number of nitrogens with one attached hydrogen (secondary N) is 1. The van der Waals surface area contributed by atoms with Crippen LogP contribution in [0.3, 0.4) is 0 Å². The van der Waals surface area contributed by atoms with Gasteiger partial charge in [0.2, 0.25) is 5.91 Å². The number of hydrogen-bond acceptors (Lipinski definition) is 4. The van der Waals surface area contributed by atoms with Gasteiger partial charge in [0.25, 0.3) is 5.91 Å². The number of hydrogen-bond donors (Lipinski definition) is 1. The molecule has 0 bridgehead atoms. The molecule has 1 aromatic carbocycles. The molecule has 27 heavy (non-hydrogen) atoms. The zero-order valence-electron chi connectivity index (χ0n) is 16.0. The molecule has 0 saturated carbocycles. The second kappa shape index (κ2) is 10.6. The molecule has 1 saturated heterocycles. The number of halogens is 2. The van der Waals surface area contributed by atoms with E-state index in [0.717, 1.165) is 18.8 Å². The fourth-order valence-corrected chi connectivity index (χ4v) is 4.05. The molecule has 2 amide bonds. The topological polar surface area (TPSA) is 52.7 Å². The number of carbonyl (C=O) groups is 2. The van der Waals surface area contributed by atoms with Crippen LogP contribution in [0.4, 0.5) is 0 Å². The molecule has 150 valence electrons. The number of amides is 2. The Balaban J connectivity index is 2.05. The van der Waals surface area contributed by atoms with E-state index in [1.807, 2.05) is 11.2 Å². The SMILES string of the molecule is CSCCC(NC(=O)c1ccc(Cl)cc1Cl)C(=O)N1CCN(C(C)C)CC1. The summed E-state index contributed by atoms with van der Waals surface area (Å²) >= 11 is 13.7. The molecular formula is C19H27Cl2N3O2S. The van der Waals surface area contributed by atoms with Crippen LogP contribution < -0.4 is 5.32 Å². The molecule has 0 spiro atoms. The van der Waals surface area contributed by atoms with Crippen LogP contribution in [-0.2, 0) is 4.79 Å². The van der Waals surface area contributed by atoms with Crippen molar-refractivity contribution in [1.82, 2.24) is 15.1 Å². The Morgan fingerprint density at radius 3 is 2.41 bits per heavy atom.